The highest BCUT2D eigenvalue weighted by atomic mass is 32.2. The summed E-state index contributed by atoms with van der Waals surface area (Å²) in [6.45, 7) is 9.05. The van der Waals surface area contributed by atoms with E-state index in [1.807, 2.05) is 20.8 Å². The van der Waals surface area contributed by atoms with Crippen LogP contribution in [0.3, 0.4) is 0 Å². The molecular weight excluding hydrogens is 368 g/mol. The monoisotopic (exact) mass is 394 g/mol. The maximum atomic E-state index is 12.2. The molecule has 0 saturated heterocycles. The fourth-order valence-electron chi connectivity index (χ4n) is 2.49. The largest absolute Gasteiger partial charge is 0.458 e. The van der Waals surface area contributed by atoms with Crippen molar-refractivity contribution in [1.82, 2.24) is 19.5 Å². The van der Waals surface area contributed by atoms with Crippen molar-refractivity contribution in [1.29, 1.82) is 0 Å². The van der Waals surface area contributed by atoms with Crippen LogP contribution < -0.4 is 10.3 Å². The first kappa shape index (κ1) is 21.0. The van der Waals surface area contributed by atoms with Gasteiger partial charge in [-0.2, -0.15) is 9.97 Å². The average molecular weight is 394 g/mol. The molecular formula is C18H26N4O4S. The van der Waals surface area contributed by atoms with Gasteiger partial charge >= 0.3 is 6.01 Å². The van der Waals surface area contributed by atoms with Crippen LogP contribution in [0.1, 0.15) is 45.5 Å². The van der Waals surface area contributed by atoms with Crippen LogP contribution in [-0.4, -0.2) is 39.3 Å². The Bertz CT molecular complexity index is 965. The van der Waals surface area contributed by atoms with Crippen LogP contribution in [0.25, 0.3) is 11.4 Å². The van der Waals surface area contributed by atoms with Crippen LogP contribution in [0.5, 0.6) is 6.01 Å². The van der Waals surface area contributed by atoms with Gasteiger partial charge in [-0.25, -0.2) is 13.4 Å². The number of hydrogen-bond acceptors (Lipinski definition) is 7. The Morgan fingerprint density at radius 1 is 1.19 bits per heavy atom. The molecule has 0 aromatic carbocycles. The molecule has 0 N–H and O–H groups in total. The van der Waals surface area contributed by atoms with E-state index in [1.54, 1.807) is 33.2 Å². The Morgan fingerprint density at radius 3 is 2.41 bits per heavy atom. The number of aryl methyl sites for hydroxylation is 2. The second kappa shape index (κ2) is 7.75. The van der Waals surface area contributed by atoms with Gasteiger partial charge in [0.1, 0.15) is 11.4 Å². The normalized spacial score (nSPS) is 12.2. The molecule has 2 aromatic heterocycles. The Morgan fingerprint density at radius 2 is 1.85 bits per heavy atom. The third kappa shape index (κ3) is 5.85. The second-order valence-corrected chi connectivity index (χ2v) is 9.68. The lowest BCUT2D eigenvalue weighted by Gasteiger charge is -2.20. The van der Waals surface area contributed by atoms with Gasteiger partial charge in [0.25, 0.3) is 5.56 Å². The Balaban J connectivity index is 2.58. The maximum Gasteiger partial charge on any atom is 0.320 e. The molecule has 0 unspecified atom stereocenters. The van der Waals surface area contributed by atoms with Crippen LogP contribution in [0.4, 0.5) is 0 Å². The number of rotatable bonds is 6. The third-order valence-electron chi connectivity index (χ3n) is 3.54. The molecule has 0 amide bonds. The van der Waals surface area contributed by atoms with Crippen LogP contribution in [0.2, 0.25) is 0 Å². The molecule has 8 nitrogen and oxygen atoms in total. The number of ether oxygens (including phenoxy) is 1. The van der Waals surface area contributed by atoms with Gasteiger partial charge in [-0.3, -0.25) is 4.79 Å². The summed E-state index contributed by atoms with van der Waals surface area (Å²) in [5.74, 6) is 0.160. The third-order valence-corrected chi connectivity index (χ3v) is 5.27. The summed E-state index contributed by atoms with van der Waals surface area (Å²) in [4.78, 5) is 24.8. The summed E-state index contributed by atoms with van der Waals surface area (Å²) < 4.78 is 31.6. The lowest BCUT2D eigenvalue weighted by Crippen LogP contribution is -2.25. The molecule has 0 bridgehead atoms. The topological polar surface area (TPSA) is 104 Å². The van der Waals surface area contributed by atoms with Gasteiger partial charge in [-0.1, -0.05) is 6.92 Å². The van der Waals surface area contributed by atoms with E-state index in [2.05, 4.69) is 15.0 Å². The molecule has 0 aliphatic rings. The van der Waals surface area contributed by atoms with E-state index in [9.17, 15) is 13.2 Å². The molecule has 2 aromatic rings. The van der Waals surface area contributed by atoms with Gasteiger partial charge in [0, 0.05) is 24.4 Å². The quantitative estimate of drug-likeness (QED) is 0.738. The average Bonchev–Trinajstić information content (AvgIpc) is 2.49. The van der Waals surface area contributed by atoms with E-state index in [0.29, 0.717) is 17.5 Å². The summed E-state index contributed by atoms with van der Waals surface area (Å²) in [6.07, 6.45) is 2.13. The Hall–Kier alpha value is -2.29. The molecule has 0 spiro atoms. The Labute approximate surface area is 159 Å². The fraction of sp³-hybridized carbons (Fsp3) is 0.556. The van der Waals surface area contributed by atoms with Crippen molar-refractivity contribution in [2.75, 3.05) is 5.75 Å². The standard InChI is InChI=1S/C18H26N4O4S/c1-7-8-27(24,25)11-14-19-15(21-17(20-14)26-18(3,4)5)13-9-12(2)16(23)22(6)10-13/h9-10H,7-8,11H2,1-6H3. The molecule has 2 heterocycles. The molecule has 0 aliphatic carbocycles. The van der Waals surface area contributed by atoms with Crippen LogP contribution in [-0.2, 0) is 22.6 Å². The minimum absolute atomic E-state index is 0.0562. The van der Waals surface area contributed by atoms with Crippen molar-refractivity contribution in [2.45, 2.75) is 52.4 Å². The van der Waals surface area contributed by atoms with E-state index in [0.717, 1.165) is 0 Å². The van der Waals surface area contributed by atoms with E-state index < -0.39 is 15.4 Å². The van der Waals surface area contributed by atoms with Crippen molar-refractivity contribution >= 4 is 9.84 Å². The molecule has 0 atom stereocenters. The highest BCUT2D eigenvalue weighted by Crippen LogP contribution is 2.20. The van der Waals surface area contributed by atoms with E-state index in [-0.39, 0.29) is 34.7 Å². The summed E-state index contributed by atoms with van der Waals surface area (Å²) in [6, 6.07) is 1.73. The molecule has 27 heavy (non-hydrogen) atoms. The smallest absolute Gasteiger partial charge is 0.320 e. The fourth-order valence-corrected chi connectivity index (χ4v) is 3.78. The number of hydrogen-bond donors (Lipinski definition) is 0. The minimum Gasteiger partial charge on any atom is -0.458 e. The van der Waals surface area contributed by atoms with Crippen molar-refractivity contribution < 1.29 is 13.2 Å². The lowest BCUT2D eigenvalue weighted by molar-refractivity contribution is 0.116. The molecule has 148 valence electrons. The highest BCUT2D eigenvalue weighted by Gasteiger charge is 2.20. The first-order chi connectivity index (χ1) is 12.4. The van der Waals surface area contributed by atoms with Gasteiger partial charge in [0.05, 0.1) is 5.75 Å². The zero-order valence-corrected chi connectivity index (χ0v) is 17.4. The predicted molar refractivity (Wildman–Crippen MR) is 103 cm³/mol. The predicted octanol–water partition coefficient (Wildman–Crippen LogP) is 2.05. The molecule has 0 fully saturated rings. The van der Waals surface area contributed by atoms with Crippen molar-refractivity contribution in [2.24, 2.45) is 7.05 Å². The number of aromatic nitrogens is 4. The first-order valence-electron chi connectivity index (χ1n) is 8.72. The summed E-state index contributed by atoms with van der Waals surface area (Å²) in [5, 5.41) is 0. The van der Waals surface area contributed by atoms with Gasteiger partial charge < -0.3 is 9.30 Å². The summed E-state index contributed by atoms with van der Waals surface area (Å²) in [7, 11) is -1.69. The van der Waals surface area contributed by atoms with Crippen LogP contribution in [0.15, 0.2) is 17.1 Å². The number of sulfone groups is 1. The van der Waals surface area contributed by atoms with Crippen molar-refractivity contribution in [3.63, 3.8) is 0 Å². The molecule has 2 rings (SSSR count). The van der Waals surface area contributed by atoms with Crippen molar-refractivity contribution in [3.8, 4) is 17.4 Å². The van der Waals surface area contributed by atoms with E-state index in [4.69, 9.17) is 4.74 Å². The van der Waals surface area contributed by atoms with E-state index in [1.165, 1.54) is 4.57 Å². The first-order valence-corrected chi connectivity index (χ1v) is 10.5. The van der Waals surface area contributed by atoms with Gasteiger partial charge in [0.2, 0.25) is 0 Å². The minimum atomic E-state index is -3.33. The van der Waals surface area contributed by atoms with Gasteiger partial charge in [0.15, 0.2) is 21.5 Å². The second-order valence-electron chi connectivity index (χ2n) is 7.49. The maximum absolute atomic E-state index is 12.2. The van der Waals surface area contributed by atoms with Crippen LogP contribution in [0, 0.1) is 6.92 Å². The number of nitrogens with zero attached hydrogens (tertiary/aromatic N) is 4. The van der Waals surface area contributed by atoms with Gasteiger partial charge in [-0.15, -0.1) is 0 Å². The lowest BCUT2D eigenvalue weighted by atomic mass is 10.2. The van der Waals surface area contributed by atoms with Gasteiger partial charge in [-0.05, 0) is 40.2 Å². The summed E-state index contributed by atoms with van der Waals surface area (Å²) >= 11 is 0. The zero-order valence-electron chi connectivity index (χ0n) is 16.6. The molecule has 0 radical (unpaired) electrons. The van der Waals surface area contributed by atoms with Crippen LogP contribution >= 0.6 is 0 Å². The number of pyridine rings is 1. The molecule has 9 heteroatoms. The zero-order chi connectivity index (χ0) is 20.4. The highest BCUT2D eigenvalue weighted by molar-refractivity contribution is 7.90. The van der Waals surface area contributed by atoms with Crippen molar-refractivity contribution in [3.05, 3.63) is 34.0 Å². The molecule has 0 saturated carbocycles. The molecule has 0 aliphatic heterocycles. The Kier molecular flexibility index (Phi) is 6.04. The van der Waals surface area contributed by atoms with E-state index >= 15 is 0 Å². The SMILES string of the molecule is CCCS(=O)(=O)Cc1nc(OC(C)(C)C)nc(-c2cc(C)c(=O)n(C)c2)n1. The summed E-state index contributed by atoms with van der Waals surface area (Å²) in [5.41, 5.74) is 0.445.